The minimum atomic E-state index is 0.250. The summed E-state index contributed by atoms with van der Waals surface area (Å²) < 4.78 is 5.81. The number of hydrogen-bond acceptors (Lipinski definition) is 2. The molecule has 3 unspecified atom stereocenters. The molecule has 0 radical (unpaired) electrons. The van der Waals surface area contributed by atoms with Crippen molar-refractivity contribution in [2.24, 2.45) is 11.3 Å². The number of rotatable bonds is 2. The second-order valence-electron chi connectivity index (χ2n) is 5.94. The summed E-state index contributed by atoms with van der Waals surface area (Å²) in [7, 11) is 0. The zero-order valence-corrected chi connectivity index (χ0v) is 12.0. The molecule has 0 aromatic heterocycles. The van der Waals surface area contributed by atoms with Gasteiger partial charge in [0.25, 0.3) is 0 Å². The molecule has 2 heteroatoms. The van der Waals surface area contributed by atoms with Crippen LogP contribution in [0.1, 0.15) is 58.8 Å². The van der Waals surface area contributed by atoms with Crippen LogP contribution in [0.4, 0.5) is 0 Å². The summed E-state index contributed by atoms with van der Waals surface area (Å²) in [6.45, 7) is 5.36. The summed E-state index contributed by atoms with van der Waals surface area (Å²) in [4.78, 5) is 0. The molecule has 3 aliphatic rings. The smallest absolute Gasteiger partial charge is 0.0584 e. The number of hydrogen-bond donors (Lipinski definition) is 1. The number of aliphatic hydroxyl groups is 1. The SMILES string of the molecule is CC1C2=CCCCCC21CC1CCCO1.CCO. The molecule has 1 aliphatic heterocycles. The largest absolute Gasteiger partial charge is 0.397 e. The molecule has 104 valence electrons. The molecule has 3 atom stereocenters. The Hall–Kier alpha value is -0.340. The maximum absolute atomic E-state index is 7.57. The molecule has 18 heavy (non-hydrogen) atoms. The van der Waals surface area contributed by atoms with E-state index in [0.717, 1.165) is 12.5 Å². The van der Waals surface area contributed by atoms with Gasteiger partial charge >= 0.3 is 0 Å². The fraction of sp³-hybridized carbons (Fsp3) is 0.875. The minimum absolute atomic E-state index is 0.250. The molecule has 3 rings (SSSR count). The lowest BCUT2D eigenvalue weighted by Crippen LogP contribution is -2.15. The molecule has 0 aromatic rings. The summed E-state index contributed by atoms with van der Waals surface area (Å²) >= 11 is 0. The highest BCUT2D eigenvalue weighted by Crippen LogP contribution is 2.65. The number of allylic oxidation sites excluding steroid dienone is 2. The maximum atomic E-state index is 7.57. The van der Waals surface area contributed by atoms with E-state index in [2.05, 4.69) is 13.0 Å². The van der Waals surface area contributed by atoms with Crippen molar-refractivity contribution in [2.75, 3.05) is 13.2 Å². The van der Waals surface area contributed by atoms with E-state index in [1.807, 2.05) is 0 Å². The summed E-state index contributed by atoms with van der Waals surface area (Å²) in [6, 6.07) is 0. The molecule has 2 fully saturated rings. The van der Waals surface area contributed by atoms with Crippen molar-refractivity contribution >= 4 is 0 Å². The molecule has 1 heterocycles. The van der Waals surface area contributed by atoms with E-state index in [0.29, 0.717) is 11.5 Å². The van der Waals surface area contributed by atoms with E-state index in [1.165, 1.54) is 44.9 Å². The quantitative estimate of drug-likeness (QED) is 0.759. The average Bonchev–Trinajstić information content (AvgIpc) is 2.69. The molecule has 2 nitrogen and oxygen atoms in total. The highest BCUT2D eigenvalue weighted by Gasteiger charge is 2.56. The normalized spacial score (nSPS) is 38.1. The second-order valence-corrected chi connectivity index (χ2v) is 5.94. The van der Waals surface area contributed by atoms with Crippen molar-refractivity contribution in [3.8, 4) is 0 Å². The standard InChI is InChI=1S/C14H22O.C2H6O/c1-11-13-7-3-2-4-8-14(11,13)10-12-6-5-9-15-12;1-2-3/h7,11-12H,2-6,8-10H2,1H3;3H,2H2,1H3. The minimum Gasteiger partial charge on any atom is -0.397 e. The Morgan fingerprint density at radius 1 is 1.39 bits per heavy atom. The van der Waals surface area contributed by atoms with Gasteiger partial charge in [0.05, 0.1) is 6.10 Å². The molecular formula is C16H28O2. The molecule has 2 aliphatic carbocycles. The monoisotopic (exact) mass is 252 g/mol. The van der Waals surface area contributed by atoms with Crippen LogP contribution in [0.25, 0.3) is 0 Å². The Labute approximate surface area is 111 Å². The van der Waals surface area contributed by atoms with Gasteiger partial charge in [-0.2, -0.15) is 0 Å². The Bertz CT molecular complexity index is 291. The first-order valence-corrected chi connectivity index (χ1v) is 7.67. The Balaban J connectivity index is 0.000000367. The van der Waals surface area contributed by atoms with Crippen molar-refractivity contribution in [2.45, 2.75) is 64.9 Å². The average molecular weight is 252 g/mol. The third kappa shape index (κ3) is 2.80. The maximum Gasteiger partial charge on any atom is 0.0584 e. The molecule has 0 spiro atoms. The zero-order chi connectivity index (χ0) is 13.0. The van der Waals surface area contributed by atoms with Crippen LogP contribution in [-0.2, 0) is 4.74 Å². The van der Waals surface area contributed by atoms with Gasteiger partial charge in [-0.05, 0) is 51.4 Å². The van der Waals surface area contributed by atoms with Crippen molar-refractivity contribution < 1.29 is 9.84 Å². The van der Waals surface area contributed by atoms with Crippen LogP contribution in [0.2, 0.25) is 0 Å². The lowest BCUT2D eigenvalue weighted by molar-refractivity contribution is 0.0827. The van der Waals surface area contributed by atoms with E-state index >= 15 is 0 Å². The van der Waals surface area contributed by atoms with E-state index in [4.69, 9.17) is 9.84 Å². The summed E-state index contributed by atoms with van der Waals surface area (Å²) in [6.07, 6.45) is 12.6. The van der Waals surface area contributed by atoms with Gasteiger partial charge in [0.2, 0.25) is 0 Å². The summed E-state index contributed by atoms with van der Waals surface area (Å²) in [5.41, 5.74) is 2.36. The van der Waals surface area contributed by atoms with Crippen molar-refractivity contribution in [3.05, 3.63) is 11.6 Å². The van der Waals surface area contributed by atoms with Crippen LogP contribution in [-0.4, -0.2) is 24.4 Å². The van der Waals surface area contributed by atoms with Gasteiger partial charge < -0.3 is 9.84 Å². The second kappa shape index (κ2) is 6.21. The first kappa shape index (κ1) is 14.1. The van der Waals surface area contributed by atoms with Gasteiger partial charge in [-0.3, -0.25) is 0 Å². The number of aliphatic hydroxyl groups excluding tert-OH is 1. The van der Waals surface area contributed by atoms with Crippen LogP contribution in [0.15, 0.2) is 11.6 Å². The third-order valence-corrected chi connectivity index (χ3v) is 4.84. The molecule has 1 saturated carbocycles. The lowest BCUT2D eigenvalue weighted by Gasteiger charge is -2.19. The molecule has 0 aromatic carbocycles. The van der Waals surface area contributed by atoms with Gasteiger partial charge in [-0.15, -0.1) is 0 Å². The molecule has 0 amide bonds. The third-order valence-electron chi connectivity index (χ3n) is 4.84. The van der Waals surface area contributed by atoms with Crippen molar-refractivity contribution in [3.63, 3.8) is 0 Å². The van der Waals surface area contributed by atoms with E-state index in [-0.39, 0.29) is 6.61 Å². The summed E-state index contributed by atoms with van der Waals surface area (Å²) in [5, 5.41) is 7.57. The summed E-state index contributed by atoms with van der Waals surface area (Å²) in [5.74, 6) is 0.863. The Morgan fingerprint density at radius 3 is 2.83 bits per heavy atom. The van der Waals surface area contributed by atoms with Crippen LogP contribution < -0.4 is 0 Å². The predicted octanol–water partition coefficient (Wildman–Crippen LogP) is 3.69. The fourth-order valence-electron chi connectivity index (χ4n) is 3.82. The van der Waals surface area contributed by atoms with Gasteiger partial charge in [0.15, 0.2) is 0 Å². The van der Waals surface area contributed by atoms with Crippen LogP contribution >= 0.6 is 0 Å². The molecule has 1 N–H and O–H groups in total. The zero-order valence-electron chi connectivity index (χ0n) is 12.0. The van der Waals surface area contributed by atoms with Crippen LogP contribution in [0, 0.1) is 11.3 Å². The van der Waals surface area contributed by atoms with Gasteiger partial charge in [-0.25, -0.2) is 0 Å². The first-order chi connectivity index (χ1) is 8.74. The first-order valence-electron chi connectivity index (χ1n) is 7.67. The molecular weight excluding hydrogens is 224 g/mol. The van der Waals surface area contributed by atoms with Gasteiger partial charge in [0.1, 0.15) is 0 Å². The topological polar surface area (TPSA) is 29.5 Å². The highest BCUT2D eigenvalue weighted by molar-refractivity contribution is 5.38. The predicted molar refractivity (Wildman–Crippen MR) is 74.5 cm³/mol. The lowest BCUT2D eigenvalue weighted by atomic mass is 9.89. The number of fused-ring (bicyclic) bond motifs is 1. The fourth-order valence-corrected chi connectivity index (χ4v) is 3.82. The van der Waals surface area contributed by atoms with Crippen molar-refractivity contribution in [1.29, 1.82) is 0 Å². The van der Waals surface area contributed by atoms with Gasteiger partial charge in [0, 0.05) is 18.6 Å². The van der Waals surface area contributed by atoms with Crippen LogP contribution in [0.3, 0.4) is 0 Å². The van der Waals surface area contributed by atoms with Gasteiger partial charge in [-0.1, -0.05) is 25.0 Å². The molecule has 0 bridgehead atoms. The van der Waals surface area contributed by atoms with E-state index in [1.54, 1.807) is 12.5 Å². The van der Waals surface area contributed by atoms with E-state index in [9.17, 15) is 0 Å². The van der Waals surface area contributed by atoms with Crippen molar-refractivity contribution in [1.82, 2.24) is 0 Å². The highest BCUT2D eigenvalue weighted by atomic mass is 16.5. The Morgan fingerprint density at radius 2 is 2.17 bits per heavy atom. The number of ether oxygens (including phenoxy) is 1. The van der Waals surface area contributed by atoms with E-state index < -0.39 is 0 Å². The Kier molecular flexibility index (Phi) is 4.85. The molecule has 1 saturated heterocycles. The van der Waals surface area contributed by atoms with Crippen LogP contribution in [0.5, 0.6) is 0 Å².